The number of carbonyl (C=O) groups is 3. The third-order valence-electron chi connectivity index (χ3n) is 10.2. The van der Waals surface area contributed by atoms with Crippen LogP contribution in [0.25, 0.3) is 0 Å². The summed E-state index contributed by atoms with van der Waals surface area (Å²) < 4.78 is 16.7. The molecule has 1 atom stereocenters. The normalized spacial score (nSPS) is 12.8. The maximum Gasteiger partial charge on any atom is 0.306 e. The Morgan fingerprint density at radius 2 is 0.733 bits per heavy atom. The van der Waals surface area contributed by atoms with E-state index < -0.39 is 6.10 Å². The molecule has 0 bridgehead atoms. The summed E-state index contributed by atoms with van der Waals surface area (Å²) in [7, 11) is 0. The summed E-state index contributed by atoms with van der Waals surface area (Å²) >= 11 is 0. The van der Waals surface area contributed by atoms with Crippen LogP contribution >= 0.6 is 0 Å². The lowest BCUT2D eigenvalue weighted by atomic mass is 10.1. The molecule has 0 amide bonds. The van der Waals surface area contributed by atoms with E-state index in [4.69, 9.17) is 14.2 Å². The summed E-state index contributed by atoms with van der Waals surface area (Å²) in [4.78, 5) is 37.9. The van der Waals surface area contributed by atoms with Crippen molar-refractivity contribution in [2.24, 2.45) is 0 Å². The van der Waals surface area contributed by atoms with Crippen LogP contribution in [0, 0.1) is 0 Å². The lowest BCUT2D eigenvalue weighted by Gasteiger charge is -2.18. The zero-order valence-electron chi connectivity index (χ0n) is 38.9. The first kappa shape index (κ1) is 56.6. The molecule has 1 unspecified atom stereocenters. The molecule has 0 aliphatic rings. The molecule has 0 fully saturated rings. The molecule has 60 heavy (non-hydrogen) atoms. The van der Waals surface area contributed by atoms with Crippen LogP contribution < -0.4 is 0 Å². The number of hydrogen-bond acceptors (Lipinski definition) is 6. The predicted octanol–water partition coefficient (Wildman–Crippen LogP) is 16.0. The summed E-state index contributed by atoms with van der Waals surface area (Å²) in [5.74, 6) is -0.930. The van der Waals surface area contributed by atoms with Crippen LogP contribution in [0.3, 0.4) is 0 Å². The van der Waals surface area contributed by atoms with Gasteiger partial charge in [-0.05, 0) is 70.6 Å². The molecular weight excluding hydrogens is 745 g/mol. The molecule has 6 nitrogen and oxygen atoms in total. The number of unbranched alkanes of at least 4 members (excludes halogenated alkanes) is 21. The summed E-state index contributed by atoms with van der Waals surface area (Å²) in [5.41, 5.74) is 0. The minimum Gasteiger partial charge on any atom is -0.462 e. The highest BCUT2D eigenvalue weighted by Crippen LogP contribution is 2.14. The van der Waals surface area contributed by atoms with Gasteiger partial charge in [-0.25, -0.2) is 0 Å². The van der Waals surface area contributed by atoms with E-state index in [1.54, 1.807) is 0 Å². The molecule has 0 heterocycles. The van der Waals surface area contributed by atoms with E-state index in [0.29, 0.717) is 19.3 Å². The van der Waals surface area contributed by atoms with Crippen LogP contribution in [0.1, 0.15) is 220 Å². The van der Waals surface area contributed by atoms with Gasteiger partial charge in [0.1, 0.15) is 13.2 Å². The molecule has 0 saturated carbocycles. The van der Waals surface area contributed by atoms with E-state index in [1.807, 2.05) is 18.2 Å². The molecule has 0 aromatic carbocycles. The van der Waals surface area contributed by atoms with Gasteiger partial charge in [-0.15, -0.1) is 0 Å². The van der Waals surface area contributed by atoms with Crippen LogP contribution in [-0.2, 0) is 28.6 Å². The molecule has 0 aliphatic carbocycles. The first-order valence-corrected chi connectivity index (χ1v) is 24.6. The Morgan fingerprint density at radius 1 is 0.367 bits per heavy atom. The lowest BCUT2D eigenvalue weighted by Crippen LogP contribution is -2.30. The highest BCUT2D eigenvalue weighted by atomic mass is 16.6. The monoisotopic (exact) mass is 835 g/mol. The number of hydrogen-bond donors (Lipinski definition) is 0. The molecule has 0 radical (unpaired) electrons. The maximum absolute atomic E-state index is 12.8. The van der Waals surface area contributed by atoms with Gasteiger partial charge in [0, 0.05) is 19.3 Å². The van der Waals surface area contributed by atoms with Crippen molar-refractivity contribution in [2.45, 2.75) is 226 Å². The standard InChI is InChI=1S/C54H90O6/c1-4-7-10-13-16-19-22-24-26-28-29-32-35-38-41-44-47-53(56)59-50-51(49-58-52(55)46-43-40-37-34-31-21-18-15-12-9-6-3)60-54(57)48-45-42-39-36-33-30-27-25-23-20-17-14-11-8-5-2/h7-8,10-11,14,16-17,19-20,23-27,51H,4-6,9,12-13,15,18,21-22,28-50H2,1-3H3/b10-7-,11-8-,17-14-,19-16-,23-20-,26-24-,27-25-. The van der Waals surface area contributed by atoms with Gasteiger partial charge in [-0.2, -0.15) is 0 Å². The van der Waals surface area contributed by atoms with Gasteiger partial charge in [0.2, 0.25) is 0 Å². The molecule has 0 spiro atoms. The Bertz CT molecular complexity index is 1190. The van der Waals surface area contributed by atoms with Gasteiger partial charge in [-0.3, -0.25) is 14.4 Å². The topological polar surface area (TPSA) is 78.9 Å². The van der Waals surface area contributed by atoms with E-state index >= 15 is 0 Å². The fourth-order valence-electron chi connectivity index (χ4n) is 6.58. The van der Waals surface area contributed by atoms with Crippen molar-refractivity contribution in [3.8, 4) is 0 Å². The first-order valence-electron chi connectivity index (χ1n) is 24.6. The second-order valence-electron chi connectivity index (χ2n) is 16.1. The Labute approximate surface area is 369 Å². The zero-order chi connectivity index (χ0) is 43.7. The molecule has 0 N–H and O–H groups in total. The van der Waals surface area contributed by atoms with Gasteiger partial charge in [0.15, 0.2) is 6.10 Å². The number of rotatable bonds is 43. The number of esters is 3. The van der Waals surface area contributed by atoms with Crippen molar-refractivity contribution in [1.82, 2.24) is 0 Å². The number of allylic oxidation sites excluding steroid dienone is 14. The van der Waals surface area contributed by atoms with Gasteiger partial charge in [0.05, 0.1) is 0 Å². The van der Waals surface area contributed by atoms with Gasteiger partial charge in [-0.1, -0.05) is 215 Å². The second-order valence-corrected chi connectivity index (χ2v) is 16.1. The number of ether oxygens (including phenoxy) is 3. The second kappa shape index (κ2) is 48.3. The third kappa shape index (κ3) is 45.7. The van der Waals surface area contributed by atoms with Crippen LogP contribution in [-0.4, -0.2) is 37.2 Å². The molecule has 0 aromatic rings. The Morgan fingerprint density at radius 3 is 1.22 bits per heavy atom. The quantitative estimate of drug-likeness (QED) is 0.0200. The van der Waals surface area contributed by atoms with Crippen molar-refractivity contribution in [2.75, 3.05) is 13.2 Å². The fraction of sp³-hybridized carbons (Fsp3) is 0.685. The Balaban J connectivity index is 4.44. The Kier molecular flexibility index (Phi) is 45.5. The smallest absolute Gasteiger partial charge is 0.306 e. The molecule has 6 heteroatoms. The van der Waals surface area contributed by atoms with E-state index in [2.05, 4.69) is 87.6 Å². The third-order valence-corrected chi connectivity index (χ3v) is 10.2. The van der Waals surface area contributed by atoms with Gasteiger partial charge >= 0.3 is 17.9 Å². The van der Waals surface area contributed by atoms with Crippen molar-refractivity contribution in [3.63, 3.8) is 0 Å². The largest absolute Gasteiger partial charge is 0.462 e. The average molecular weight is 835 g/mol. The van der Waals surface area contributed by atoms with E-state index in [9.17, 15) is 14.4 Å². The lowest BCUT2D eigenvalue weighted by molar-refractivity contribution is -0.167. The van der Waals surface area contributed by atoms with Crippen molar-refractivity contribution in [3.05, 3.63) is 85.1 Å². The molecule has 0 rings (SSSR count). The predicted molar refractivity (Wildman–Crippen MR) is 256 cm³/mol. The highest BCUT2D eigenvalue weighted by Gasteiger charge is 2.19. The van der Waals surface area contributed by atoms with Crippen molar-refractivity contribution < 1.29 is 28.6 Å². The average Bonchev–Trinajstić information content (AvgIpc) is 3.24. The molecule has 0 aromatic heterocycles. The van der Waals surface area contributed by atoms with Crippen molar-refractivity contribution in [1.29, 1.82) is 0 Å². The van der Waals surface area contributed by atoms with E-state index in [0.717, 1.165) is 109 Å². The summed E-state index contributed by atoms with van der Waals surface area (Å²) in [6, 6.07) is 0. The zero-order valence-corrected chi connectivity index (χ0v) is 38.9. The maximum atomic E-state index is 12.8. The fourth-order valence-corrected chi connectivity index (χ4v) is 6.58. The first-order chi connectivity index (χ1) is 29.5. The van der Waals surface area contributed by atoms with Crippen LogP contribution in [0.15, 0.2) is 85.1 Å². The van der Waals surface area contributed by atoms with Crippen LogP contribution in [0.4, 0.5) is 0 Å². The number of carbonyl (C=O) groups excluding carboxylic acids is 3. The molecule has 342 valence electrons. The molecular formula is C54H90O6. The van der Waals surface area contributed by atoms with Crippen LogP contribution in [0.2, 0.25) is 0 Å². The SMILES string of the molecule is CC\C=C/C=C\C=C/C=C\CCCCCCCC(=O)OC(COC(=O)CCCCCCCC/C=C\C/C=C\C/C=C\CC)COC(=O)CCCCCCCCCCCCC. The minimum absolute atomic E-state index is 0.0900. The van der Waals surface area contributed by atoms with Crippen molar-refractivity contribution >= 4 is 17.9 Å². The Hall–Kier alpha value is -3.41. The van der Waals surface area contributed by atoms with E-state index in [1.165, 1.54) is 70.6 Å². The molecule has 0 saturated heterocycles. The van der Waals surface area contributed by atoms with Crippen LogP contribution in [0.5, 0.6) is 0 Å². The minimum atomic E-state index is -0.792. The molecule has 0 aliphatic heterocycles. The summed E-state index contributed by atoms with van der Waals surface area (Å²) in [6.45, 7) is 6.34. The van der Waals surface area contributed by atoms with E-state index in [-0.39, 0.29) is 31.1 Å². The van der Waals surface area contributed by atoms with Gasteiger partial charge < -0.3 is 14.2 Å². The summed E-state index contributed by atoms with van der Waals surface area (Å²) in [5, 5.41) is 0. The highest BCUT2D eigenvalue weighted by molar-refractivity contribution is 5.71. The summed E-state index contributed by atoms with van der Waals surface area (Å²) in [6.07, 6.45) is 61.3. The van der Waals surface area contributed by atoms with Gasteiger partial charge in [0.25, 0.3) is 0 Å².